The van der Waals surface area contributed by atoms with E-state index < -0.39 is 12.7 Å². The number of hydrogen-bond donors (Lipinski definition) is 1. The number of fused-ring (bicyclic) bond motifs is 1. The van der Waals surface area contributed by atoms with Crippen molar-refractivity contribution in [1.29, 1.82) is 0 Å². The molecule has 0 saturated carbocycles. The molecule has 168 valence electrons. The number of halogens is 3. The van der Waals surface area contributed by atoms with E-state index in [4.69, 9.17) is 4.74 Å². The molecule has 0 aliphatic carbocycles. The van der Waals surface area contributed by atoms with Crippen LogP contribution in [-0.4, -0.2) is 63.0 Å². The molecule has 0 aromatic carbocycles. The summed E-state index contributed by atoms with van der Waals surface area (Å²) in [7, 11) is 0. The first-order valence-electron chi connectivity index (χ1n) is 10.1. The molecule has 10 heteroatoms. The van der Waals surface area contributed by atoms with E-state index in [-0.39, 0.29) is 17.1 Å². The lowest BCUT2D eigenvalue weighted by atomic mass is 10.1. The van der Waals surface area contributed by atoms with Crippen LogP contribution in [0.4, 0.5) is 13.2 Å². The SMILES string of the molecule is C=Cc1[nH]cc(-c2nn(CC(F)(F)F)c3cc(C(=O)N4CCCOCC4)ncc23)c1C=C. The lowest BCUT2D eigenvalue weighted by Crippen LogP contribution is -2.33. The van der Waals surface area contributed by atoms with Gasteiger partial charge in [0.25, 0.3) is 5.91 Å². The molecule has 3 aromatic rings. The van der Waals surface area contributed by atoms with Crippen LogP contribution in [0, 0.1) is 0 Å². The molecule has 1 saturated heterocycles. The highest BCUT2D eigenvalue weighted by Crippen LogP contribution is 2.34. The topological polar surface area (TPSA) is 76.0 Å². The molecule has 0 spiro atoms. The van der Waals surface area contributed by atoms with Crippen molar-refractivity contribution in [2.75, 3.05) is 26.3 Å². The summed E-state index contributed by atoms with van der Waals surface area (Å²) in [6.45, 7) is 8.10. The highest BCUT2D eigenvalue weighted by atomic mass is 19.4. The number of nitrogens with zero attached hydrogens (tertiary/aromatic N) is 4. The van der Waals surface area contributed by atoms with Crippen LogP contribution in [0.5, 0.6) is 0 Å². The molecule has 1 N–H and O–H groups in total. The van der Waals surface area contributed by atoms with Gasteiger partial charge in [-0.3, -0.25) is 14.5 Å². The second-order valence-electron chi connectivity index (χ2n) is 7.40. The lowest BCUT2D eigenvalue weighted by Gasteiger charge is -2.19. The van der Waals surface area contributed by atoms with E-state index in [9.17, 15) is 18.0 Å². The molecule has 0 radical (unpaired) electrons. The number of nitrogens with one attached hydrogen (secondary N) is 1. The molecule has 1 amide bonds. The zero-order chi connectivity index (χ0) is 22.9. The number of rotatable bonds is 5. The third kappa shape index (κ3) is 4.18. The predicted molar refractivity (Wildman–Crippen MR) is 115 cm³/mol. The zero-order valence-electron chi connectivity index (χ0n) is 17.3. The smallest absolute Gasteiger partial charge is 0.380 e. The first-order valence-corrected chi connectivity index (χ1v) is 10.1. The van der Waals surface area contributed by atoms with Crippen LogP contribution in [0.3, 0.4) is 0 Å². The largest absolute Gasteiger partial charge is 0.408 e. The molecule has 32 heavy (non-hydrogen) atoms. The summed E-state index contributed by atoms with van der Waals surface area (Å²) in [5.74, 6) is -0.346. The van der Waals surface area contributed by atoms with E-state index in [1.54, 1.807) is 23.2 Å². The first-order chi connectivity index (χ1) is 15.3. The van der Waals surface area contributed by atoms with Crippen LogP contribution in [0.2, 0.25) is 0 Å². The molecule has 7 nitrogen and oxygen atoms in total. The number of hydrogen-bond acceptors (Lipinski definition) is 4. The summed E-state index contributed by atoms with van der Waals surface area (Å²) in [5.41, 5.74) is 2.49. The number of aromatic amines is 1. The van der Waals surface area contributed by atoms with Crippen molar-refractivity contribution in [1.82, 2.24) is 24.6 Å². The second kappa shape index (κ2) is 8.62. The molecule has 4 rings (SSSR count). The Hall–Kier alpha value is -3.40. The van der Waals surface area contributed by atoms with Gasteiger partial charge in [0.1, 0.15) is 17.9 Å². The maximum atomic E-state index is 13.3. The van der Waals surface area contributed by atoms with Gasteiger partial charge in [-0.2, -0.15) is 18.3 Å². The van der Waals surface area contributed by atoms with Crippen molar-refractivity contribution in [3.63, 3.8) is 0 Å². The molecule has 1 fully saturated rings. The van der Waals surface area contributed by atoms with Gasteiger partial charge in [0.15, 0.2) is 0 Å². The van der Waals surface area contributed by atoms with E-state index in [1.165, 1.54) is 12.3 Å². The Kier molecular flexibility index (Phi) is 5.88. The average molecular weight is 445 g/mol. The minimum atomic E-state index is -4.49. The van der Waals surface area contributed by atoms with Gasteiger partial charge in [-0.25, -0.2) is 0 Å². The highest BCUT2D eigenvalue weighted by molar-refractivity contribution is 6.00. The standard InChI is InChI=1S/C22H22F3N5O2/c1-3-14-15(11-26-17(14)4-2)20-16-12-27-18(21(31)29-6-5-8-32-9-7-29)10-19(16)30(28-20)13-22(23,24)25/h3-4,10-12,26H,1-2,5-9,13H2. The van der Waals surface area contributed by atoms with Gasteiger partial charge in [0.05, 0.1) is 12.1 Å². The molecule has 3 aromatic heterocycles. The fourth-order valence-corrected chi connectivity index (χ4v) is 3.82. The Balaban J connectivity index is 1.83. The quantitative estimate of drug-likeness (QED) is 0.641. The fourth-order valence-electron chi connectivity index (χ4n) is 3.82. The van der Waals surface area contributed by atoms with Crippen LogP contribution in [0.25, 0.3) is 34.3 Å². The number of amides is 1. The van der Waals surface area contributed by atoms with Gasteiger partial charge >= 0.3 is 6.18 Å². The van der Waals surface area contributed by atoms with Crippen LogP contribution in [-0.2, 0) is 11.3 Å². The monoisotopic (exact) mass is 445 g/mol. The van der Waals surface area contributed by atoms with Gasteiger partial charge in [-0.05, 0) is 18.6 Å². The summed E-state index contributed by atoms with van der Waals surface area (Å²) in [6, 6.07) is 1.38. The average Bonchev–Trinajstić information content (AvgIpc) is 3.20. The fraction of sp³-hybridized carbons (Fsp3) is 0.318. The molecular formula is C22H22F3N5O2. The van der Waals surface area contributed by atoms with Crippen molar-refractivity contribution in [3.05, 3.63) is 48.6 Å². The Labute approximate surface area is 182 Å². The predicted octanol–water partition coefficient (Wildman–Crippen LogP) is 4.14. The van der Waals surface area contributed by atoms with Gasteiger partial charge < -0.3 is 14.6 Å². The maximum absolute atomic E-state index is 13.3. The summed E-state index contributed by atoms with van der Waals surface area (Å²) < 4.78 is 46.1. The Bertz CT molecular complexity index is 1170. The van der Waals surface area contributed by atoms with Crippen LogP contribution in [0.1, 0.15) is 28.2 Å². The minimum absolute atomic E-state index is 0.0686. The van der Waals surface area contributed by atoms with Crippen LogP contribution < -0.4 is 0 Å². The number of carbonyl (C=O) groups excluding carboxylic acids is 1. The van der Waals surface area contributed by atoms with E-state index in [1.807, 2.05) is 0 Å². The van der Waals surface area contributed by atoms with Crippen molar-refractivity contribution >= 4 is 29.0 Å². The Morgan fingerprint density at radius 3 is 2.78 bits per heavy atom. The number of alkyl halides is 3. The van der Waals surface area contributed by atoms with Gasteiger partial charge in [-0.15, -0.1) is 0 Å². The van der Waals surface area contributed by atoms with Crippen molar-refractivity contribution < 1.29 is 22.7 Å². The van der Waals surface area contributed by atoms with Crippen LogP contribution >= 0.6 is 0 Å². The van der Waals surface area contributed by atoms with Gasteiger partial charge in [0.2, 0.25) is 0 Å². The maximum Gasteiger partial charge on any atom is 0.408 e. The van der Waals surface area contributed by atoms with E-state index in [0.29, 0.717) is 60.6 Å². The summed E-state index contributed by atoms with van der Waals surface area (Å²) in [4.78, 5) is 21.8. The summed E-state index contributed by atoms with van der Waals surface area (Å²) in [5, 5.41) is 4.64. The lowest BCUT2D eigenvalue weighted by molar-refractivity contribution is -0.141. The Morgan fingerprint density at radius 2 is 2.06 bits per heavy atom. The number of ether oxygens (including phenoxy) is 1. The van der Waals surface area contributed by atoms with Gasteiger partial charge in [-0.1, -0.05) is 19.2 Å². The summed E-state index contributed by atoms with van der Waals surface area (Å²) >= 11 is 0. The number of carbonyl (C=O) groups is 1. The van der Waals surface area contributed by atoms with Gasteiger partial charge in [0, 0.05) is 54.3 Å². The van der Waals surface area contributed by atoms with E-state index in [2.05, 4.69) is 28.2 Å². The number of H-pyrrole nitrogens is 1. The molecule has 1 aliphatic heterocycles. The summed E-state index contributed by atoms with van der Waals surface area (Å²) in [6.07, 6.45) is 2.42. The normalized spacial score (nSPS) is 15.0. The third-order valence-corrected chi connectivity index (χ3v) is 5.31. The van der Waals surface area contributed by atoms with Crippen molar-refractivity contribution in [2.24, 2.45) is 0 Å². The molecule has 4 heterocycles. The van der Waals surface area contributed by atoms with Crippen LogP contribution in [0.15, 0.2) is 31.6 Å². The Morgan fingerprint density at radius 1 is 1.25 bits per heavy atom. The molecule has 1 aliphatic rings. The highest BCUT2D eigenvalue weighted by Gasteiger charge is 2.31. The zero-order valence-corrected chi connectivity index (χ0v) is 17.3. The van der Waals surface area contributed by atoms with Crippen molar-refractivity contribution in [2.45, 2.75) is 19.1 Å². The van der Waals surface area contributed by atoms with E-state index in [0.717, 1.165) is 4.68 Å². The third-order valence-electron chi connectivity index (χ3n) is 5.31. The first kappa shape index (κ1) is 21.8. The minimum Gasteiger partial charge on any atom is -0.380 e. The molecular weight excluding hydrogens is 423 g/mol. The van der Waals surface area contributed by atoms with E-state index >= 15 is 0 Å². The molecule has 0 atom stereocenters. The number of aromatic nitrogens is 4. The second-order valence-corrected chi connectivity index (χ2v) is 7.40. The van der Waals surface area contributed by atoms with Crippen molar-refractivity contribution in [3.8, 4) is 11.3 Å². The molecule has 0 unspecified atom stereocenters. The number of pyridine rings is 1. The molecule has 0 bridgehead atoms.